The minimum atomic E-state index is -0.541. The van der Waals surface area contributed by atoms with Gasteiger partial charge in [0.1, 0.15) is 10.8 Å². The normalized spacial score (nSPS) is 10.2. The number of carbonyl (C=O) groups is 2. The Morgan fingerprint density at radius 2 is 2.18 bits per heavy atom. The van der Waals surface area contributed by atoms with Gasteiger partial charge in [0.15, 0.2) is 0 Å². The molecule has 22 heavy (non-hydrogen) atoms. The number of nitrogens with two attached hydrogens (primary N) is 1. The first-order valence-electron chi connectivity index (χ1n) is 6.48. The fraction of sp³-hybridized carbons (Fsp3) is 0.200. The average molecular weight is 336 g/mol. The molecule has 0 saturated heterocycles. The molecule has 1 heterocycles. The summed E-state index contributed by atoms with van der Waals surface area (Å²) in [5.41, 5.74) is 6.67. The van der Waals surface area contributed by atoms with E-state index in [0.29, 0.717) is 22.1 Å². The molecular formula is C15H16N2O3S2. The van der Waals surface area contributed by atoms with Crippen LogP contribution >= 0.6 is 23.1 Å². The van der Waals surface area contributed by atoms with Crippen molar-refractivity contribution in [1.82, 2.24) is 0 Å². The van der Waals surface area contributed by atoms with Crippen LogP contribution < -0.4 is 15.8 Å². The summed E-state index contributed by atoms with van der Waals surface area (Å²) in [6.07, 6.45) is 0. The first-order valence-corrected chi connectivity index (χ1v) is 8.51. The number of methoxy groups -OCH3 is 1. The molecule has 5 nitrogen and oxygen atoms in total. The van der Waals surface area contributed by atoms with Gasteiger partial charge in [0.2, 0.25) is 5.91 Å². The van der Waals surface area contributed by atoms with E-state index in [1.165, 1.54) is 23.1 Å². The maximum absolute atomic E-state index is 11.9. The van der Waals surface area contributed by atoms with Gasteiger partial charge in [0.25, 0.3) is 5.91 Å². The van der Waals surface area contributed by atoms with Crippen LogP contribution in [0.15, 0.2) is 35.7 Å². The number of hydrogen-bond acceptors (Lipinski definition) is 5. The Balaban J connectivity index is 1.82. The second-order valence-electron chi connectivity index (χ2n) is 4.42. The average Bonchev–Trinajstić information content (AvgIpc) is 2.95. The Labute approximate surface area is 136 Å². The maximum atomic E-state index is 11.9. The predicted molar refractivity (Wildman–Crippen MR) is 90.6 cm³/mol. The number of amides is 2. The van der Waals surface area contributed by atoms with Gasteiger partial charge in [-0.25, -0.2) is 0 Å². The molecule has 116 valence electrons. The van der Waals surface area contributed by atoms with Crippen LogP contribution in [0.2, 0.25) is 0 Å². The fourth-order valence-electron chi connectivity index (χ4n) is 1.79. The number of primary amides is 1. The molecule has 2 aromatic rings. The fourth-order valence-corrected chi connectivity index (χ4v) is 3.37. The number of rotatable bonds is 7. The summed E-state index contributed by atoms with van der Waals surface area (Å²) in [6, 6.07) is 9.32. The number of thioether (sulfide) groups is 1. The number of ether oxygens (including phenoxy) is 1. The lowest BCUT2D eigenvalue weighted by Crippen LogP contribution is -2.17. The van der Waals surface area contributed by atoms with Gasteiger partial charge in [0, 0.05) is 5.75 Å². The molecule has 3 N–H and O–H groups in total. The Bertz CT molecular complexity index is 670. The minimum Gasteiger partial charge on any atom is -0.497 e. The van der Waals surface area contributed by atoms with E-state index >= 15 is 0 Å². The molecule has 0 aliphatic heterocycles. The third-order valence-corrected chi connectivity index (χ3v) is 4.65. The SMILES string of the molecule is COc1cccc(CSCC(=O)Nc2sccc2C(N)=O)c1. The molecule has 0 bridgehead atoms. The topological polar surface area (TPSA) is 81.4 Å². The van der Waals surface area contributed by atoms with Gasteiger partial charge in [-0.2, -0.15) is 0 Å². The van der Waals surface area contributed by atoms with Crippen LogP contribution in [0.1, 0.15) is 15.9 Å². The lowest BCUT2D eigenvalue weighted by Gasteiger charge is -2.06. The molecule has 0 saturated carbocycles. The lowest BCUT2D eigenvalue weighted by molar-refractivity contribution is -0.113. The summed E-state index contributed by atoms with van der Waals surface area (Å²) in [5, 5.41) is 4.93. The quantitative estimate of drug-likeness (QED) is 0.814. The number of carbonyl (C=O) groups excluding carboxylic acids is 2. The molecule has 0 aliphatic rings. The lowest BCUT2D eigenvalue weighted by atomic mass is 10.2. The first kappa shape index (κ1) is 16.4. The summed E-state index contributed by atoms with van der Waals surface area (Å²) >= 11 is 2.77. The Morgan fingerprint density at radius 3 is 2.91 bits per heavy atom. The molecule has 2 rings (SSSR count). The summed E-state index contributed by atoms with van der Waals surface area (Å²) < 4.78 is 5.16. The van der Waals surface area contributed by atoms with Crippen LogP contribution in [0, 0.1) is 0 Å². The second kappa shape index (κ2) is 7.86. The van der Waals surface area contributed by atoms with Crippen LogP contribution in [-0.4, -0.2) is 24.7 Å². The van der Waals surface area contributed by atoms with Crippen LogP contribution in [0.3, 0.4) is 0 Å². The summed E-state index contributed by atoms with van der Waals surface area (Å²) in [6.45, 7) is 0. The highest BCUT2D eigenvalue weighted by Crippen LogP contribution is 2.23. The summed E-state index contributed by atoms with van der Waals surface area (Å²) in [5.74, 6) is 1.11. The molecule has 2 amide bonds. The van der Waals surface area contributed by atoms with Crippen molar-refractivity contribution in [3.63, 3.8) is 0 Å². The van der Waals surface area contributed by atoms with Crippen LogP contribution in [0.5, 0.6) is 5.75 Å². The Morgan fingerprint density at radius 1 is 1.36 bits per heavy atom. The van der Waals surface area contributed by atoms with E-state index in [1.807, 2.05) is 24.3 Å². The number of nitrogens with one attached hydrogen (secondary N) is 1. The van der Waals surface area contributed by atoms with E-state index in [-0.39, 0.29) is 5.91 Å². The highest BCUT2D eigenvalue weighted by molar-refractivity contribution is 7.99. The molecule has 0 fully saturated rings. The molecule has 0 atom stereocenters. The van der Waals surface area contributed by atoms with Crippen LogP contribution in [0.4, 0.5) is 5.00 Å². The van der Waals surface area contributed by atoms with Gasteiger partial charge < -0.3 is 15.8 Å². The second-order valence-corrected chi connectivity index (χ2v) is 6.32. The van der Waals surface area contributed by atoms with Gasteiger partial charge in [0.05, 0.1) is 18.4 Å². The van der Waals surface area contributed by atoms with Crippen molar-refractivity contribution in [2.45, 2.75) is 5.75 Å². The Kier molecular flexibility index (Phi) is 5.85. The van der Waals surface area contributed by atoms with Crippen molar-refractivity contribution >= 4 is 39.9 Å². The zero-order valence-electron chi connectivity index (χ0n) is 12.0. The maximum Gasteiger partial charge on any atom is 0.251 e. The minimum absolute atomic E-state index is 0.155. The molecular weight excluding hydrogens is 320 g/mol. The molecule has 7 heteroatoms. The molecule has 0 unspecified atom stereocenters. The van der Waals surface area contributed by atoms with Crippen molar-refractivity contribution in [1.29, 1.82) is 0 Å². The van der Waals surface area contributed by atoms with Gasteiger partial charge in [-0.3, -0.25) is 9.59 Å². The predicted octanol–water partition coefficient (Wildman–Crippen LogP) is 2.73. The molecule has 0 aliphatic carbocycles. The summed E-state index contributed by atoms with van der Waals surface area (Å²) in [4.78, 5) is 23.1. The molecule has 0 spiro atoms. The number of thiophene rings is 1. The standard InChI is InChI=1S/C15H16N2O3S2/c1-20-11-4-2-3-10(7-11)8-21-9-13(18)17-15-12(14(16)19)5-6-22-15/h2-7H,8-9H2,1H3,(H2,16,19)(H,17,18). The number of anilines is 1. The Hall–Kier alpha value is -1.99. The van der Waals surface area contributed by atoms with Gasteiger partial charge in [-0.15, -0.1) is 23.1 Å². The summed E-state index contributed by atoms with van der Waals surface area (Å²) in [7, 11) is 1.62. The van der Waals surface area contributed by atoms with E-state index < -0.39 is 5.91 Å². The van der Waals surface area contributed by atoms with E-state index in [1.54, 1.807) is 18.6 Å². The van der Waals surface area contributed by atoms with E-state index in [2.05, 4.69) is 5.32 Å². The molecule has 1 aromatic carbocycles. The zero-order valence-corrected chi connectivity index (χ0v) is 13.6. The molecule has 1 aromatic heterocycles. The van der Waals surface area contributed by atoms with Crippen molar-refractivity contribution in [2.24, 2.45) is 5.73 Å². The van der Waals surface area contributed by atoms with Gasteiger partial charge in [-0.05, 0) is 29.1 Å². The van der Waals surface area contributed by atoms with Crippen molar-refractivity contribution in [3.8, 4) is 5.75 Å². The third-order valence-electron chi connectivity index (χ3n) is 2.82. The first-order chi connectivity index (χ1) is 10.6. The third kappa shape index (κ3) is 4.51. The van der Waals surface area contributed by atoms with Gasteiger partial charge >= 0.3 is 0 Å². The van der Waals surface area contributed by atoms with E-state index in [4.69, 9.17) is 10.5 Å². The van der Waals surface area contributed by atoms with Crippen molar-refractivity contribution in [2.75, 3.05) is 18.2 Å². The zero-order chi connectivity index (χ0) is 15.9. The smallest absolute Gasteiger partial charge is 0.251 e. The monoisotopic (exact) mass is 336 g/mol. The highest BCUT2D eigenvalue weighted by atomic mass is 32.2. The number of hydrogen-bond donors (Lipinski definition) is 2. The van der Waals surface area contributed by atoms with Gasteiger partial charge in [-0.1, -0.05) is 12.1 Å². The molecule has 0 radical (unpaired) electrons. The van der Waals surface area contributed by atoms with Crippen LogP contribution in [-0.2, 0) is 10.5 Å². The van der Waals surface area contributed by atoms with E-state index in [0.717, 1.165) is 11.3 Å². The van der Waals surface area contributed by atoms with E-state index in [9.17, 15) is 9.59 Å². The van der Waals surface area contributed by atoms with Crippen LogP contribution in [0.25, 0.3) is 0 Å². The number of benzene rings is 1. The highest BCUT2D eigenvalue weighted by Gasteiger charge is 2.12. The largest absolute Gasteiger partial charge is 0.497 e. The van der Waals surface area contributed by atoms with Crippen molar-refractivity contribution < 1.29 is 14.3 Å². The van der Waals surface area contributed by atoms with Crippen molar-refractivity contribution in [3.05, 3.63) is 46.8 Å².